The lowest BCUT2D eigenvalue weighted by Crippen LogP contribution is -2.41. The quantitative estimate of drug-likeness (QED) is 0.932. The summed E-state index contributed by atoms with van der Waals surface area (Å²) in [5.74, 6) is 2.52. The molecular weight excluding hydrogens is 314 g/mol. The first-order valence-electron chi connectivity index (χ1n) is 9.19. The third kappa shape index (κ3) is 3.41. The predicted molar refractivity (Wildman–Crippen MR) is 95.8 cm³/mol. The highest BCUT2D eigenvalue weighted by Gasteiger charge is 2.25. The molecule has 0 saturated heterocycles. The molecule has 0 unspecified atom stereocenters. The van der Waals surface area contributed by atoms with E-state index in [0.29, 0.717) is 12.3 Å². The Morgan fingerprint density at radius 2 is 2.28 bits per heavy atom. The summed E-state index contributed by atoms with van der Waals surface area (Å²) in [6.07, 6.45) is 9.63. The molecule has 2 heterocycles. The minimum atomic E-state index is 0.169. The second kappa shape index (κ2) is 6.90. The number of benzene rings is 1. The molecule has 4 rings (SSSR count). The average Bonchev–Trinajstić information content (AvgIpc) is 3.09. The van der Waals surface area contributed by atoms with E-state index in [1.54, 1.807) is 7.11 Å². The minimum absolute atomic E-state index is 0.169. The maximum atomic E-state index is 12.6. The number of rotatable bonds is 4. The Labute approximate surface area is 148 Å². The van der Waals surface area contributed by atoms with E-state index in [1.807, 2.05) is 18.5 Å². The van der Waals surface area contributed by atoms with E-state index in [9.17, 15) is 4.79 Å². The SMILES string of the molecule is COc1ccc2c(c1)CCC[C@H]2CC(=O)N[C@@H]1CCc2nccn2C1. The molecule has 5 nitrogen and oxygen atoms in total. The van der Waals surface area contributed by atoms with Gasteiger partial charge in [-0.1, -0.05) is 6.07 Å². The van der Waals surface area contributed by atoms with Crippen molar-refractivity contribution in [3.63, 3.8) is 0 Å². The normalized spacial score (nSPS) is 22.0. The van der Waals surface area contributed by atoms with Crippen LogP contribution < -0.4 is 10.1 Å². The van der Waals surface area contributed by atoms with Gasteiger partial charge in [-0.15, -0.1) is 0 Å². The van der Waals surface area contributed by atoms with Crippen LogP contribution in [0.2, 0.25) is 0 Å². The van der Waals surface area contributed by atoms with Gasteiger partial charge in [-0.25, -0.2) is 4.98 Å². The molecule has 0 radical (unpaired) electrons. The van der Waals surface area contributed by atoms with Gasteiger partial charge in [0.1, 0.15) is 11.6 Å². The monoisotopic (exact) mass is 339 g/mol. The molecule has 0 fully saturated rings. The number of aryl methyl sites for hydroxylation is 2. The Kier molecular flexibility index (Phi) is 4.47. The Morgan fingerprint density at radius 1 is 1.36 bits per heavy atom. The number of amides is 1. The van der Waals surface area contributed by atoms with Gasteiger partial charge in [-0.05, 0) is 54.9 Å². The number of carbonyl (C=O) groups excluding carboxylic acids is 1. The fraction of sp³-hybridized carbons (Fsp3) is 0.500. The molecule has 0 spiro atoms. The lowest BCUT2D eigenvalue weighted by atomic mass is 9.81. The van der Waals surface area contributed by atoms with Crippen molar-refractivity contribution < 1.29 is 9.53 Å². The van der Waals surface area contributed by atoms with Crippen LogP contribution in [0.25, 0.3) is 0 Å². The van der Waals surface area contributed by atoms with Gasteiger partial charge in [0.25, 0.3) is 0 Å². The summed E-state index contributed by atoms with van der Waals surface area (Å²) in [6, 6.07) is 6.50. The van der Waals surface area contributed by atoms with Crippen molar-refractivity contribution in [2.45, 2.75) is 57.0 Å². The number of hydrogen-bond donors (Lipinski definition) is 1. The number of methoxy groups -OCH3 is 1. The Bertz CT molecular complexity index is 768. The molecule has 1 aliphatic carbocycles. The van der Waals surface area contributed by atoms with E-state index in [4.69, 9.17) is 4.74 Å². The smallest absolute Gasteiger partial charge is 0.220 e. The summed E-state index contributed by atoms with van der Waals surface area (Å²) in [7, 11) is 1.70. The molecule has 2 aromatic rings. The summed E-state index contributed by atoms with van der Waals surface area (Å²) in [5, 5.41) is 3.24. The van der Waals surface area contributed by atoms with Crippen LogP contribution in [0.1, 0.15) is 48.6 Å². The number of nitrogens with zero attached hydrogens (tertiary/aromatic N) is 2. The maximum Gasteiger partial charge on any atom is 0.220 e. The van der Waals surface area contributed by atoms with Gasteiger partial charge >= 0.3 is 0 Å². The molecule has 0 bridgehead atoms. The van der Waals surface area contributed by atoms with Crippen LogP contribution in [0.5, 0.6) is 5.75 Å². The number of fused-ring (bicyclic) bond motifs is 2. The van der Waals surface area contributed by atoms with Gasteiger partial charge in [-0.2, -0.15) is 0 Å². The lowest BCUT2D eigenvalue weighted by molar-refractivity contribution is -0.122. The molecule has 1 N–H and O–H groups in total. The maximum absolute atomic E-state index is 12.6. The average molecular weight is 339 g/mol. The summed E-state index contributed by atoms with van der Waals surface area (Å²) >= 11 is 0. The van der Waals surface area contributed by atoms with E-state index < -0.39 is 0 Å². The van der Waals surface area contributed by atoms with E-state index in [-0.39, 0.29) is 11.9 Å². The van der Waals surface area contributed by atoms with Crippen molar-refractivity contribution >= 4 is 5.91 Å². The first kappa shape index (κ1) is 16.2. The van der Waals surface area contributed by atoms with Gasteiger partial charge in [0.2, 0.25) is 5.91 Å². The minimum Gasteiger partial charge on any atom is -0.497 e. The molecular formula is C20H25N3O2. The largest absolute Gasteiger partial charge is 0.497 e. The standard InChI is InChI=1S/C20H25N3O2/c1-25-17-6-7-18-14(11-17)3-2-4-15(18)12-20(24)22-16-5-8-19-21-9-10-23(19)13-16/h6-7,9-11,15-16H,2-5,8,12-13H2,1H3,(H,22,24)/t15-,16+/m0/s1. The highest BCUT2D eigenvalue weighted by atomic mass is 16.5. The van der Waals surface area contributed by atoms with E-state index in [1.165, 1.54) is 11.1 Å². The second-order valence-corrected chi connectivity index (χ2v) is 7.16. The summed E-state index contributed by atoms with van der Waals surface area (Å²) in [6.45, 7) is 0.833. The van der Waals surface area contributed by atoms with E-state index in [2.05, 4.69) is 27.0 Å². The van der Waals surface area contributed by atoms with Gasteiger partial charge in [0, 0.05) is 37.8 Å². The number of ether oxygens (including phenoxy) is 1. The van der Waals surface area contributed by atoms with Gasteiger partial charge in [0.15, 0.2) is 0 Å². The van der Waals surface area contributed by atoms with Crippen molar-refractivity contribution in [3.8, 4) is 5.75 Å². The Hall–Kier alpha value is -2.30. The van der Waals surface area contributed by atoms with Crippen LogP contribution in [0.3, 0.4) is 0 Å². The van der Waals surface area contributed by atoms with Gasteiger partial charge in [-0.3, -0.25) is 4.79 Å². The van der Waals surface area contributed by atoms with Crippen molar-refractivity contribution in [1.82, 2.24) is 14.9 Å². The number of nitrogens with one attached hydrogen (secondary N) is 1. The number of aromatic nitrogens is 2. The highest BCUT2D eigenvalue weighted by molar-refractivity contribution is 5.77. The summed E-state index contributed by atoms with van der Waals surface area (Å²) in [5.41, 5.74) is 2.66. The van der Waals surface area contributed by atoms with Crippen molar-refractivity contribution in [2.24, 2.45) is 0 Å². The van der Waals surface area contributed by atoms with E-state index in [0.717, 1.165) is 50.2 Å². The van der Waals surface area contributed by atoms with Crippen LogP contribution in [0.4, 0.5) is 0 Å². The highest BCUT2D eigenvalue weighted by Crippen LogP contribution is 2.35. The topological polar surface area (TPSA) is 56.1 Å². The number of imidazole rings is 1. The molecule has 1 amide bonds. The first-order valence-corrected chi connectivity index (χ1v) is 9.19. The second-order valence-electron chi connectivity index (χ2n) is 7.16. The van der Waals surface area contributed by atoms with Crippen LogP contribution in [-0.4, -0.2) is 28.6 Å². The first-order chi connectivity index (χ1) is 12.2. The van der Waals surface area contributed by atoms with Gasteiger partial charge < -0.3 is 14.6 Å². The molecule has 1 aromatic carbocycles. The molecule has 1 aliphatic heterocycles. The molecule has 5 heteroatoms. The molecule has 132 valence electrons. The number of carbonyl (C=O) groups is 1. The lowest BCUT2D eigenvalue weighted by Gasteiger charge is -2.28. The molecule has 1 aromatic heterocycles. The van der Waals surface area contributed by atoms with Crippen molar-refractivity contribution in [1.29, 1.82) is 0 Å². The predicted octanol–water partition coefficient (Wildman–Crippen LogP) is 2.83. The van der Waals surface area contributed by atoms with E-state index >= 15 is 0 Å². The zero-order chi connectivity index (χ0) is 17.2. The summed E-state index contributed by atoms with van der Waals surface area (Å²) in [4.78, 5) is 16.9. The summed E-state index contributed by atoms with van der Waals surface area (Å²) < 4.78 is 7.48. The molecule has 25 heavy (non-hydrogen) atoms. The van der Waals surface area contributed by atoms with Crippen molar-refractivity contribution in [3.05, 3.63) is 47.5 Å². The van der Waals surface area contributed by atoms with Crippen LogP contribution in [-0.2, 0) is 24.2 Å². The fourth-order valence-electron chi connectivity index (χ4n) is 4.22. The van der Waals surface area contributed by atoms with Crippen LogP contribution in [0, 0.1) is 0 Å². The Morgan fingerprint density at radius 3 is 3.16 bits per heavy atom. The third-order valence-electron chi connectivity index (χ3n) is 5.52. The zero-order valence-corrected chi connectivity index (χ0v) is 14.7. The van der Waals surface area contributed by atoms with Crippen molar-refractivity contribution in [2.75, 3.05) is 7.11 Å². The van der Waals surface area contributed by atoms with Crippen LogP contribution >= 0.6 is 0 Å². The fourth-order valence-corrected chi connectivity index (χ4v) is 4.22. The molecule has 2 aliphatic rings. The van der Waals surface area contributed by atoms with Crippen LogP contribution in [0.15, 0.2) is 30.6 Å². The Balaban J connectivity index is 1.39. The number of hydrogen-bond acceptors (Lipinski definition) is 3. The molecule has 0 saturated carbocycles. The van der Waals surface area contributed by atoms with Gasteiger partial charge in [0.05, 0.1) is 7.11 Å². The third-order valence-corrected chi connectivity index (χ3v) is 5.52. The molecule has 2 atom stereocenters. The zero-order valence-electron chi connectivity index (χ0n) is 14.7.